The lowest BCUT2D eigenvalue weighted by atomic mass is 9.92. The third-order valence-electron chi connectivity index (χ3n) is 6.32. The van der Waals surface area contributed by atoms with Crippen molar-refractivity contribution in [3.8, 4) is 0 Å². The van der Waals surface area contributed by atoms with E-state index < -0.39 is 11.5 Å². The van der Waals surface area contributed by atoms with Gasteiger partial charge >= 0.3 is 6.09 Å². The summed E-state index contributed by atoms with van der Waals surface area (Å²) < 4.78 is 7.32. The van der Waals surface area contributed by atoms with E-state index in [0.29, 0.717) is 25.1 Å². The lowest BCUT2D eigenvalue weighted by Crippen LogP contribution is -2.49. The van der Waals surface area contributed by atoms with Gasteiger partial charge in [0.2, 0.25) is 11.8 Å². The highest BCUT2D eigenvalue weighted by molar-refractivity contribution is 6.02. The zero-order valence-corrected chi connectivity index (χ0v) is 20.0. The van der Waals surface area contributed by atoms with E-state index in [4.69, 9.17) is 4.74 Å². The molecule has 1 aromatic heterocycles. The van der Waals surface area contributed by atoms with Gasteiger partial charge in [0.05, 0.1) is 17.1 Å². The topological polar surface area (TPSA) is 106 Å². The maximum atomic E-state index is 12.5. The number of nitrogens with one attached hydrogen (secondary N) is 2. The Kier molecular flexibility index (Phi) is 6.07. The molecule has 1 aromatic carbocycles. The SMILES string of the molecule is CC1CC(Nc2ccc3c(C4CCC(=O)NC4=O)nn(C)c3c2)CCN1C(=O)OC(C)(C)C. The summed E-state index contributed by atoms with van der Waals surface area (Å²) in [6.07, 6.45) is 2.20. The van der Waals surface area contributed by atoms with Crippen molar-refractivity contribution in [3.05, 3.63) is 23.9 Å². The molecule has 3 unspecified atom stereocenters. The highest BCUT2D eigenvalue weighted by Gasteiger charge is 2.33. The first-order chi connectivity index (χ1) is 15.5. The number of carbonyl (C=O) groups excluding carboxylic acids is 3. The lowest BCUT2D eigenvalue weighted by Gasteiger charge is -2.38. The molecule has 33 heavy (non-hydrogen) atoms. The average molecular weight is 456 g/mol. The number of likely N-dealkylation sites (tertiary alicyclic amines) is 1. The molecule has 0 aliphatic carbocycles. The van der Waals surface area contributed by atoms with Crippen molar-refractivity contribution in [1.29, 1.82) is 0 Å². The highest BCUT2D eigenvalue weighted by Crippen LogP contribution is 2.32. The molecule has 3 atom stereocenters. The zero-order valence-electron chi connectivity index (χ0n) is 20.0. The molecule has 2 fully saturated rings. The number of rotatable bonds is 3. The molecule has 2 aliphatic heterocycles. The second kappa shape index (κ2) is 8.68. The van der Waals surface area contributed by atoms with Crippen LogP contribution in [0.5, 0.6) is 0 Å². The number of carbonyl (C=O) groups is 3. The van der Waals surface area contributed by atoms with Gasteiger partial charge in [-0.15, -0.1) is 0 Å². The minimum Gasteiger partial charge on any atom is -0.444 e. The van der Waals surface area contributed by atoms with Crippen molar-refractivity contribution in [2.24, 2.45) is 7.05 Å². The first-order valence-corrected chi connectivity index (χ1v) is 11.6. The standard InChI is InChI=1S/C24H33N5O4/c1-14-12-16(10-11-29(14)23(32)33-24(2,3)4)25-15-6-7-17-19(13-15)28(5)27-21(17)18-8-9-20(30)26-22(18)31/h6-7,13-14,16,18,25H,8-12H2,1-5H3,(H,26,30,31). The molecule has 4 rings (SSSR count). The minimum atomic E-state index is -0.503. The number of amides is 3. The largest absolute Gasteiger partial charge is 0.444 e. The molecule has 0 bridgehead atoms. The summed E-state index contributed by atoms with van der Waals surface area (Å²) in [5, 5.41) is 11.5. The summed E-state index contributed by atoms with van der Waals surface area (Å²) >= 11 is 0. The molecular formula is C24H33N5O4. The molecule has 9 nitrogen and oxygen atoms in total. The number of piperidine rings is 2. The molecule has 3 amide bonds. The second-order valence-electron chi connectivity index (χ2n) is 10.1. The van der Waals surface area contributed by atoms with Gasteiger partial charge in [-0.3, -0.25) is 19.6 Å². The monoisotopic (exact) mass is 455 g/mol. The van der Waals surface area contributed by atoms with Crippen molar-refractivity contribution >= 4 is 34.5 Å². The number of benzene rings is 1. The van der Waals surface area contributed by atoms with Gasteiger partial charge in [0, 0.05) is 43.2 Å². The molecule has 2 aromatic rings. The van der Waals surface area contributed by atoms with Gasteiger partial charge in [-0.1, -0.05) is 0 Å². The van der Waals surface area contributed by atoms with Crippen molar-refractivity contribution in [2.75, 3.05) is 11.9 Å². The van der Waals surface area contributed by atoms with Crippen molar-refractivity contribution in [1.82, 2.24) is 20.0 Å². The quantitative estimate of drug-likeness (QED) is 0.688. The van der Waals surface area contributed by atoms with E-state index in [1.807, 2.05) is 52.9 Å². The van der Waals surface area contributed by atoms with Crippen molar-refractivity contribution < 1.29 is 19.1 Å². The van der Waals surface area contributed by atoms with Crippen LogP contribution in [0, 0.1) is 0 Å². The van der Waals surface area contributed by atoms with Crippen LogP contribution < -0.4 is 10.6 Å². The Labute approximate surface area is 193 Å². The number of nitrogens with zero attached hydrogens (tertiary/aromatic N) is 3. The number of fused-ring (bicyclic) bond motifs is 1. The molecule has 0 radical (unpaired) electrons. The summed E-state index contributed by atoms with van der Waals surface area (Å²) in [4.78, 5) is 38.1. The minimum absolute atomic E-state index is 0.0747. The molecule has 3 heterocycles. The normalized spacial score (nSPS) is 24.0. The van der Waals surface area contributed by atoms with Crippen LogP contribution in [0.15, 0.2) is 18.2 Å². The van der Waals surface area contributed by atoms with E-state index in [1.54, 1.807) is 9.58 Å². The van der Waals surface area contributed by atoms with Gasteiger partial charge < -0.3 is 15.0 Å². The van der Waals surface area contributed by atoms with Crippen LogP contribution in [-0.4, -0.2) is 56.8 Å². The van der Waals surface area contributed by atoms with Gasteiger partial charge in [0.25, 0.3) is 0 Å². The number of hydrogen-bond donors (Lipinski definition) is 2. The van der Waals surface area contributed by atoms with Crippen LogP contribution in [0.4, 0.5) is 10.5 Å². The maximum absolute atomic E-state index is 12.5. The van der Waals surface area contributed by atoms with E-state index in [-0.39, 0.29) is 30.0 Å². The van der Waals surface area contributed by atoms with Crippen LogP contribution in [0.2, 0.25) is 0 Å². The van der Waals surface area contributed by atoms with E-state index >= 15 is 0 Å². The summed E-state index contributed by atoms with van der Waals surface area (Å²) in [5.41, 5.74) is 2.11. The molecule has 0 saturated carbocycles. The number of imide groups is 1. The zero-order chi connectivity index (χ0) is 23.9. The Morgan fingerprint density at radius 3 is 2.67 bits per heavy atom. The van der Waals surface area contributed by atoms with Gasteiger partial charge in [-0.05, 0) is 65.2 Å². The van der Waals surface area contributed by atoms with Crippen molar-refractivity contribution in [2.45, 2.75) is 77.0 Å². The van der Waals surface area contributed by atoms with Gasteiger partial charge in [-0.2, -0.15) is 5.10 Å². The smallest absolute Gasteiger partial charge is 0.410 e. The van der Waals surface area contributed by atoms with Gasteiger partial charge in [0.15, 0.2) is 0 Å². The van der Waals surface area contributed by atoms with Crippen LogP contribution in [-0.2, 0) is 21.4 Å². The van der Waals surface area contributed by atoms with E-state index in [2.05, 4.69) is 15.7 Å². The fourth-order valence-electron chi connectivity index (χ4n) is 4.72. The predicted molar refractivity (Wildman–Crippen MR) is 125 cm³/mol. The van der Waals surface area contributed by atoms with Crippen LogP contribution >= 0.6 is 0 Å². The third-order valence-corrected chi connectivity index (χ3v) is 6.32. The number of aryl methyl sites for hydroxylation is 1. The molecule has 2 aliphatic rings. The Bertz CT molecular complexity index is 1090. The number of hydrogen-bond acceptors (Lipinski definition) is 6. The number of aromatic nitrogens is 2. The summed E-state index contributed by atoms with van der Waals surface area (Å²) in [5.74, 6) is -0.919. The molecule has 178 valence electrons. The lowest BCUT2D eigenvalue weighted by molar-refractivity contribution is -0.134. The fourth-order valence-corrected chi connectivity index (χ4v) is 4.72. The number of ether oxygens (including phenoxy) is 1. The van der Waals surface area contributed by atoms with E-state index in [1.165, 1.54) is 0 Å². The number of anilines is 1. The Morgan fingerprint density at radius 1 is 1.24 bits per heavy atom. The first kappa shape index (κ1) is 23.1. The van der Waals surface area contributed by atoms with Gasteiger partial charge in [0.1, 0.15) is 5.60 Å². The van der Waals surface area contributed by atoms with Crippen LogP contribution in [0.1, 0.15) is 65.0 Å². The van der Waals surface area contributed by atoms with E-state index in [0.717, 1.165) is 29.4 Å². The summed E-state index contributed by atoms with van der Waals surface area (Å²) in [6, 6.07) is 6.35. The van der Waals surface area contributed by atoms with Crippen molar-refractivity contribution in [3.63, 3.8) is 0 Å². The van der Waals surface area contributed by atoms with Crippen LogP contribution in [0.25, 0.3) is 10.9 Å². The molecule has 2 saturated heterocycles. The second-order valence-corrected chi connectivity index (χ2v) is 10.1. The molecule has 2 N–H and O–H groups in total. The molecular weight excluding hydrogens is 422 g/mol. The Hall–Kier alpha value is -3.10. The van der Waals surface area contributed by atoms with E-state index in [9.17, 15) is 14.4 Å². The Morgan fingerprint density at radius 2 is 2.00 bits per heavy atom. The highest BCUT2D eigenvalue weighted by atomic mass is 16.6. The average Bonchev–Trinajstić information content (AvgIpc) is 3.02. The van der Waals surface area contributed by atoms with Crippen LogP contribution in [0.3, 0.4) is 0 Å². The predicted octanol–water partition coefficient (Wildman–Crippen LogP) is 3.29. The maximum Gasteiger partial charge on any atom is 0.410 e. The van der Waals surface area contributed by atoms with Gasteiger partial charge in [-0.25, -0.2) is 4.79 Å². The molecule has 0 spiro atoms. The molecule has 9 heteroatoms. The Balaban J connectivity index is 1.45. The first-order valence-electron chi connectivity index (χ1n) is 11.6. The third kappa shape index (κ3) is 4.96. The fraction of sp³-hybridized carbons (Fsp3) is 0.583. The summed E-state index contributed by atoms with van der Waals surface area (Å²) in [7, 11) is 1.86. The summed E-state index contributed by atoms with van der Waals surface area (Å²) in [6.45, 7) is 8.33.